The van der Waals surface area contributed by atoms with Crippen LogP contribution in [0.15, 0.2) is 84.9 Å². The summed E-state index contributed by atoms with van der Waals surface area (Å²) >= 11 is 0. The van der Waals surface area contributed by atoms with E-state index in [4.69, 9.17) is 10.2 Å². The average molecular weight is 645 g/mol. The fourth-order valence-electron chi connectivity index (χ4n) is 5.20. The predicted molar refractivity (Wildman–Crippen MR) is 173 cm³/mol. The van der Waals surface area contributed by atoms with Gasteiger partial charge in [-0.2, -0.15) is 0 Å². The molecule has 6 nitrogen and oxygen atoms in total. The summed E-state index contributed by atoms with van der Waals surface area (Å²) in [5.41, 5.74) is 7.92. The van der Waals surface area contributed by atoms with Crippen molar-refractivity contribution in [3.05, 3.63) is 129 Å². The van der Waals surface area contributed by atoms with Crippen LogP contribution in [0.3, 0.4) is 0 Å². The molecule has 0 heterocycles. The van der Waals surface area contributed by atoms with Gasteiger partial charge in [0.25, 0.3) is 0 Å². The van der Waals surface area contributed by atoms with E-state index in [2.05, 4.69) is 58.3 Å². The zero-order valence-electron chi connectivity index (χ0n) is 27.8. The van der Waals surface area contributed by atoms with Gasteiger partial charge in [-0.25, -0.2) is 0 Å². The van der Waals surface area contributed by atoms with Gasteiger partial charge in [-0.1, -0.05) is 121 Å². The fraction of sp³-hybridized carbons (Fsp3) is 0.368. The Balaban J connectivity index is 0.00000134. The van der Waals surface area contributed by atoms with Crippen LogP contribution >= 0.6 is 0 Å². The second-order valence-corrected chi connectivity index (χ2v) is 11.1. The van der Waals surface area contributed by atoms with Crippen LogP contribution in [0.5, 0.6) is 11.5 Å². The molecule has 7 heteroatoms. The Morgan fingerprint density at radius 2 is 0.822 bits per heavy atom. The van der Waals surface area contributed by atoms with Gasteiger partial charge in [0.05, 0.1) is 0 Å². The molecule has 0 bridgehead atoms. The molecular formula is C38H48N2O4Ti. The first kappa shape index (κ1) is 40.1. The van der Waals surface area contributed by atoms with Crippen molar-refractivity contribution in [3.8, 4) is 11.5 Å². The molecule has 4 rings (SSSR count). The average Bonchev–Trinajstić information content (AvgIpc) is 2.98. The summed E-state index contributed by atoms with van der Waals surface area (Å²) in [5.74, 6) is 0.252. The number of rotatable bonds is 11. The first-order valence-corrected chi connectivity index (χ1v) is 15.3. The largest absolute Gasteiger partial charge is 4.00 e. The van der Waals surface area contributed by atoms with Gasteiger partial charge < -0.3 is 20.4 Å². The van der Waals surface area contributed by atoms with E-state index >= 15 is 0 Å². The normalized spacial score (nSPS) is 10.4. The SMILES string of the molecule is CC[O-].CC[O-].Cc1cc(C)c([O-])c(CN(CCN(Cc2ccccc2)Cc2cc(C)cc(C)c2[O-])Cc2ccccc2)c1.[Ti+4]. The minimum Gasteiger partial charge on any atom is -0.872 e. The van der Waals surface area contributed by atoms with Gasteiger partial charge in [0, 0.05) is 39.3 Å². The number of hydrogen-bond donors (Lipinski definition) is 0. The van der Waals surface area contributed by atoms with Gasteiger partial charge in [-0.3, -0.25) is 9.80 Å². The minimum absolute atomic E-state index is 0. The third-order valence-corrected chi connectivity index (χ3v) is 7.01. The van der Waals surface area contributed by atoms with Crippen LogP contribution in [0.2, 0.25) is 0 Å². The molecule has 0 spiro atoms. The third-order valence-electron chi connectivity index (χ3n) is 7.01. The molecule has 0 amide bonds. The van der Waals surface area contributed by atoms with E-state index in [1.54, 1.807) is 13.8 Å². The van der Waals surface area contributed by atoms with Crippen LogP contribution in [0.25, 0.3) is 0 Å². The van der Waals surface area contributed by atoms with Crippen molar-refractivity contribution in [2.45, 2.75) is 67.7 Å². The Bertz CT molecular complexity index is 1280. The molecule has 0 unspecified atom stereocenters. The summed E-state index contributed by atoms with van der Waals surface area (Å²) < 4.78 is 0. The van der Waals surface area contributed by atoms with Crippen LogP contribution < -0.4 is 20.4 Å². The molecule has 0 aromatic heterocycles. The van der Waals surface area contributed by atoms with Crippen LogP contribution in [0.4, 0.5) is 0 Å². The molecule has 0 aliphatic heterocycles. The molecule has 0 saturated carbocycles. The summed E-state index contributed by atoms with van der Waals surface area (Å²) in [5, 5.41) is 43.8. The van der Waals surface area contributed by atoms with Crippen molar-refractivity contribution in [1.82, 2.24) is 9.80 Å². The van der Waals surface area contributed by atoms with Crippen LogP contribution in [0, 0.1) is 27.7 Å². The van der Waals surface area contributed by atoms with Crippen LogP contribution in [-0.4, -0.2) is 36.1 Å². The molecule has 0 radical (unpaired) electrons. The molecule has 4 aromatic carbocycles. The van der Waals surface area contributed by atoms with Crippen molar-refractivity contribution < 1.29 is 42.1 Å². The molecule has 0 fully saturated rings. The Kier molecular flexibility index (Phi) is 19.3. The number of nitrogens with zero attached hydrogens (tertiary/aromatic N) is 2. The molecule has 4 aromatic rings. The molecule has 238 valence electrons. The van der Waals surface area contributed by atoms with E-state index in [9.17, 15) is 10.2 Å². The van der Waals surface area contributed by atoms with Crippen molar-refractivity contribution in [1.29, 1.82) is 0 Å². The molecule has 0 saturated heterocycles. The summed E-state index contributed by atoms with van der Waals surface area (Å²) in [6, 6.07) is 28.8. The van der Waals surface area contributed by atoms with E-state index in [1.807, 2.05) is 64.1 Å². The van der Waals surface area contributed by atoms with Crippen LogP contribution in [-0.2, 0) is 47.9 Å². The second kappa shape index (κ2) is 21.7. The summed E-state index contributed by atoms with van der Waals surface area (Å²) in [7, 11) is 0. The standard InChI is InChI=1S/C34H40N2O2.2C2H5O.Ti/c1-25-17-27(3)33(37)31(19-25)23-35(21-29-11-7-5-8-12-29)15-16-36(22-30-13-9-6-10-14-30)24-32-20-26(2)18-28(4)34(32)38;2*1-2-3;/h5-14,17-20,37-38H,15-16,21-24H2,1-4H3;2*2H2,1H3;/q;2*-1;+4/p-2. The van der Waals surface area contributed by atoms with Crippen LogP contribution in [0.1, 0.15) is 58.4 Å². The van der Waals surface area contributed by atoms with Crippen molar-refractivity contribution in [3.63, 3.8) is 0 Å². The Hall–Kier alpha value is -2.97. The molecule has 0 aliphatic rings. The minimum atomic E-state index is 0. The van der Waals surface area contributed by atoms with E-state index in [0.717, 1.165) is 59.6 Å². The van der Waals surface area contributed by atoms with Gasteiger partial charge in [0.1, 0.15) is 0 Å². The summed E-state index contributed by atoms with van der Waals surface area (Å²) in [6.45, 7) is 15.2. The van der Waals surface area contributed by atoms with Gasteiger partial charge in [0.15, 0.2) is 0 Å². The summed E-state index contributed by atoms with van der Waals surface area (Å²) in [6.07, 6.45) is 0. The maximum absolute atomic E-state index is 13.0. The second-order valence-electron chi connectivity index (χ2n) is 11.1. The Morgan fingerprint density at radius 1 is 0.511 bits per heavy atom. The number of aryl methyl sites for hydroxylation is 4. The van der Waals surface area contributed by atoms with E-state index in [0.29, 0.717) is 13.1 Å². The molecule has 45 heavy (non-hydrogen) atoms. The zero-order chi connectivity index (χ0) is 32.5. The predicted octanol–water partition coefficient (Wildman–Crippen LogP) is 4.50. The third kappa shape index (κ3) is 14.3. The molecule has 0 aliphatic carbocycles. The van der Waals surface area contributed by atoms with Crippen molar-refractivity contribution in [2.75, 3.05) is 26.3 Å². The van der Waals surface area contributed by atoms with E-state index in [1.165, 1.54) is 11.1 Å². The van der Waals surface area contributed by atoms with Gasteiger partial charge in [-0.15, -0.1) is 24.7 Å². The van der Waals surface area contributed by atoms with Gasteiger partial charge in [-0.05, 0) is 49.9 Å². The zero-order valence-corrected chi connectivity index (χ0v) is 29.3. The quantitative estimate of drug-likeness (QED) is 0.223. The molecule has 0 atom stereocenters. The maximum atomic E-state index is 13.0. The summed E-state index contributed by atoms with van der Waals surface area (Å²) in [4.78, 5) is 4.70. The monoisotopic (exact) mass is 644 g/mol. The molecular weight excluding hydrogens is 596 g/mol. The topological polar surface area (TPSA) is 98.7 Å². The Morgan fingerprint density at radius 3 is 1.13 bits per heavy atom. The number of hydrogen-bond acceptors (Lipinski definition) is 6. The van der Waals surface area contributed by atoms with Crippen molar-refractivity contribution >= 4 is 0 Å². The maximum Gasteiger partial charge on any atom is 4.00 e. The van der Waals surface area contributed by atoms with E-state index < -0.39 is 0 Å². The van der Waals surface area contributed by atoms with Crippen molar-refractivity contribution in [2.24, 2.45) is 0 Å². The molecule has 0 N–H and O–H groups in total. The van der Waals surface area contributed by atoms with E-state index in [-0.39, 0.29) is 46.4 Å². The first-order chi connectivity index (χ1) is 21.1. The smallest absolute Gasteiger partial charge is 0.872 e. The fourth-order valence-corrected chi connectivity index (χ4v) is 5.20. The van der Waals surface area contributed by atoms with Gasteiger partial charge >= 0.3 is 21.7 Å². The first-order valence-electron chi connectivity index (χ1n) is 15.3. The number of benzene rings is 4. The Labute approximate surface area is 285 Å². The van der Waals surface area contributed by atoms with Gasteiger partial charge in [0.2, 0.25) is 0 Å².